The molecule has 2 aromatic carbocycles. The molecule has 0 aliphatic heterocycles. The van der Waals surface area contributed by atoms with Crippen molar-refractivity contribution in [2.75, 3.05) is 13.1 Å². The molecule has 0 bridgehead atoms. The quantitative estimate of drug-likeness (QED) is 0.494. The van der Waals surface area contributed by atoms with Crippen molar-refractivity contribution in [1.29, 1.82) is 0 Å². The molecule has 0 fully saturated rings. The Bertz CT molecular complexity index is 1020. The van der Waals surface area contributed by atoms with Crippen LogP contribution in [0.5, 0.6) is 5.75 Å². The van der Waals surface area contributed by atoms with Crippen LogP contribution in [-0.4, -0.2) is 35.0 Å². The summed E-state index contributed by atoms with van der Waals surface area (Å²) in [5.41, 5.74) is 1.98. The van der Waals surface area contributed by atoms with Crippen molar-refractivity contribution in [1.82, 2.24) is 15.6 Å². The Labute approximate surface area is 177 Å². The average Bonchev–Trinajstić information content (AvgIpc) is 3.09. The highest BCUT2D eigenvalue weighted by Gasteiger charge is 2.16. The zero-order valence-corrected chi connectivity index (χ0v) is 17.3. The van der Waals surface area contributed by atoms with E-state index >= 15 is 0 Å². The minimum absolute atomic E-state index is 0.0443. The van der Waals surface area contributed by atoms with E-state index in [4.69, 9.17) is 11.6 Å². The van der Waals surface area contributed by atoms with Crippen LogP contribution in [0.25, 0.3) is 10.6 Å². The second-order valence-corrected chi connectivity index (χ2v) is 7.79. The molecule has 0 spiro atoms. The number of hydrogen-bond acceptors (Lipinski definition) is 5. The van der Waals surface area contributed by atoms with Crippen LogP contribution < -0.4 is 10.6 Å². The number of aromatic hydroxyl groups is 1. The van der Waals surface area contributed by atoms with Crippen LogP contribution in [0.15, 0.2) is 48.5 Å². The lowest BCUT2D eigenvalue weighted by atomic mass is 10.2. The first-order chi connectivity index (χ1) is 13.9. The molecule has 150 valence electrons. The molecule has 0 unspecified atom stereocenters. The summed E-state index contributed by atoms with van der Waals surface area (Å²) >= 11 is 7.25. The van der Waals surface area contributed by atoms with E-state index in [-0.39, 0.29) is 17.6 Å². The van der Waals surface area contributed by atoms with Crippen LogP contribution in [0.2, 0.25) is 5.02 Å². The van der Waals surface area contributed by atoms with Gasteiger partial charge in [-0.1, -0.05) is 29.8 Å². The van der Waals surface area contributed by atoms with Crippen molar-refractivity contribution in [3.8, 4) is 16.3 Å². The van der Waals surface area contributed by atoms with Crippen LogP contribution in [0.4, 0.5) is 0 Å². The Hall–Kier alpha value is -2.90. The number of halogens is 1. The van der Waals surface area contributed by atoms with E-state index in [1.165, 1.54) is 23.5 Å². The number of carbonyl (C=O) groups is 2. The average molecular weight is 430 g/mol. The summed E-state index contributed by atoms with van der Waals surface area (Å²) in [4.78, 5) is 29.5. The van der Waals surface area contributed by atoms with Gasteiger partial charge in [-0.15, -0.1) is 11.3 Å². The minimum atomic E-state index is -0.266. The SMILES string of the molecule is Cc1nc(-c2ccc(Cl)cc2)sc1C(=O)NCCCNC(=O)c1cccc(O)c1. The van der Waals surface area contributed by atoms with Crippen molar-refractivity contribution < 1.29 is 14.7 Å². The summed E-state index contributed by atoms with van der Waals surface area (Å²) in [5.74, 6) is -0.402. The molecular formula is C21H20ClN3O3S. The molecule has 0 radical (unpaired) electrons. The summed E-state index contributed by atoms with van der Waals surface area (Å²) in [6.45, 7) is 2.64. The molecule has 29 heavy (non-hydrogen) atoms. The maximum atomic E-state index is 12.4. The van der Waals surface area contributed by atoms with Gasteiger partial charge < -0.3 is 15.7 Å². The Kier molecular flexibility index (Phi) is 6.85. The number of amides is 2. The molecule has 1 aromatic heterocycles. The number of hydrogen-bond donors (Lipinski definition) is 3. The molecule has 0 aliphatic carbocycles. The number of thiazole rings is 1. The molecule has 0 saturated carbocycles. The zero-order valence-electron chi connectivity index (χ0n) is 15.7. The summed E-state index contributed by atoms with van der Waals surface area (Å²) in [6, 6.07) is 13.5. The molecule has 6 nitrogen and oxygen atoms in total. The Balaban J connectivity index is 1.47. The molecule has 0 saturated heterocycles. The molecule has 2 amide bonds. The number of aromatic nitrogens is 1. The number of rotatable bonds is 7. The van der Waals surface area contributed by atoms with E-state index in [9.17, 15) is 14.7 Å². The first kappa shape index (κ1) is 20.8. The van der Waals surface area contributed by atoms with E-state index in [2.05, 4.69) is 15.6 Å². The standard InChI is InChI=1S/C21H20ClN3O3S/c1-13-18(29-21(25-13)14-6-8-16(22)9-7-14)20(28)24-11-3-10-23-19(27)15-4-2-5-17(26)12-15/h2,4-9,12,26H,3,10-11H2,1H3,(H,23,27)(H,24,28). The van der Waals surface area contributed by atoms with Gasteiger partial charge in [-0.2, -0.15) is 0 Å². The molecule has 0 aliphatic rings. The topological polar surface area (TPSA) is 91.3 Å². The number of phenolic OH excluding ortho intramolecular Hbond substituents is 1. The van der Waals surface area contributed by atoms with Gasteiger partial charge in [0.25, 0.3) is 11.8 Å². The normalized spacial score (nSPS) is 10.6. The van der Waals surface area contributed by atoms with Gasteiger partial charge in [-0.05, 0) is 43.7 Å². The van der Waals surface area contributed by atoms with Gasteiger partial charge in [0, 0.05) is 29.2 Å². The largest absolute Gasteiger partial charge is 0.508 e. The summed E-state index contributed by atoms with van der Waals surface area (Å²) in [6.07, 6.45) is 0.582. The third-order valence-electron chi connectivity index (χ3n) is 4.13. The lowest BCUT2D eigenvalue weighted by Crippen LogP contribution is -2.29. The number of aryl methyl sites for hydroxylation is 1. The summed E-state index contributed by atoms with van der Waals surface area (Å²) in [5, 5.41) is 16.4. The number of nitrogens with zero attached hydrogens (tertiary/aromatic N) is 1. The molecule has 3 rings (SSSR count). The van der Waals surface area contributed by atoms with Gasteiger partial charge >= 0.3 is 0 Å². The van der Waals surface area contributed by atoms with E-state index in [0.29, 0.717) is 40.7 Å². The van der Waals surface area contributed by atoms with Crippen molar-refractivity contribution in [3.63, 3.8) is 0 Å². The van der Waals surface area contributed by atoms with Crippen LogP contribution in [-0.2, 0) is 0 Å². The van der Waals surface area contributed by atoms with E-state index in [0.717, 1.165) is 10.6 Å². The molecule has 3 aromatic rings. The molecule has 1 heterocycles. The molecule has 8 heteroatoms. The second-order valence-electron chi connectivity index (χ2n) is 6.36. The monoisotopic (exact) mass is 429 g/mol. The molecule has 3 N–H and O–H groups in total. The highest BCUT2D eigenvalue weighted by Crippen LogP contribution is 2.28. The van der Waals surface area contributed by atoms with E-state index < -0.39 is 0 Å². The highest BCUT2D eigenvalue weighted by molar-refractivity contribution is 7.17. The maximum Gasteiger partial charge on any atom is 0.263 e. The number of benzene rings is 2. The lowest BCUT2D eigenvalue weighted by Gasteiger charge is -2.07. The van der Waals surface area contributed by atoms with E-state index in [1.807, 2.05) is 12.1 Å². The third kappa shape index (κ3) is 5.56. The number of nitrogens with one attached hydrogen (secondary N) is 2. The summed E-state index contributed by atoms with van der Waals surface area (Å²) in [7, 11) is 0. The van der Waals surface area contributed by atoms with Gasteiger partial charge in [0.1, 0.15) is 15.6 Å². The third-order valence-corrected chi connectivity index (χ3v) is 5.58. The number of carbonyl (C=O) groups excluding carboxylic acids is 2. The van der Waals surface area contributed by atoms with Gasteiger partial charge in [0.05, 0.1) is 5.69 Å². The van der Waals surface area contributed by atoms with Gasteiger partial charge in [0.2, 0.25) is 0 Å². The molecule has 0 atom stereocenters. The van der Waals surface area contributed by atoms with Crippen molar-refractivity contribution in [2.24, 2.45) is 0 Å². The minimum Gasteiger partial charge on any atom is -0.508 e. The predicted molar refractivity (Wildman–Crippen MR) is 115 cm³/mol. The fraction of sp³-hybridized carbons (Fsp3) is 0.190. The summed E-state index contributed by atoms with van der Waals surface area (Å²) < 4.78 is 0. The second kappa shape index (κ2) is 9.54. The highest BCUT2D eigenvalue weighted by atomic mass is 35.5. The van der Waals surface area contributed by atoms with Crippen LogP contribution in [0, 0.1) is 6.92 Å². The van der Waals surface area contributed by atoms with Gasteiger partial charge in [-0.25, -0.2) is 4.98 Å². The zero-order chi connectivity index (χ0) is 20.8. The van der Waals surface area contributed by atoms with Crippen LogP contribution >= 0.6 is 22.9 Å². The van der Waals surface area contributed by atoms with Gasteiger partial charge in [0.15, 0.2) is 0 Å². The van der Waals surface area contributed by atoms with Crippen molar-refractivity contribution >= 4 is 34.8 Å². The van der Waals surface area contributed by atoms with Crippen LogP contribution in [0.1, 0.15) is 32.1 Å². The van der Waals surface area contributed by atoms with E-state index in [1.54, 1.807) is 31.2 Å². The number of phenols is 1. The van der Waals surface area contributed by atoms with Crippen molar-refractivity contribution in [3.05, 3.63) is 69.7 Å². The fourth-order valence-corrected chi connectivity index (χ4v) is 3.76. The van der Waals surface area contributed by atoms with Crippen LogP contribution in [0.3, 0.4) is 0 Å². The fourth-order valence-electron chi connectivity index (χ4n) is 2.64. The smallest absolute Gasteiger partial charge is 0.263 e. The Morgan fingerprint density at radius 1 is 1.07 bits per heavy atom. The lowest BCUT2D eigenvalue weighted by molar-refractivity contribution is 0.0952. The van der Waals surface area contributed by atoms with Gasteiger partial charge in [-0.3, -0.25) is 9.59 Å². The first-order valence-corrected chi connectivity index (χ1v) is 10.2. The first-order valence-electron chi connectivity index (χ1n) is 9.03. The predicted octanol–water partition coefficient (Wildman–Crippen LogP) is 4.03. The Morgan fingerprint density at radius 2 is 1.76 bits per heavy atom. The molecular weight excluding hydrogens is 410 g/mol. The maximum absolute atomic E-state index is 12.4. The Morgan fingerprint density at radius 3 is 2.45 bits per heavy atom. The van der Waals surface area contributed by atoms with Crippen molar-refractivity contribution in [2.45, 2.75) is 13.3 Å².